The molecule has 0 unspecified atom stereocenters. The molecule has 0 amide bonds. The Labute approximate surface area is 121 Å². The van der Waals surface area contributed by atoms with Crippen LogP contribution in [-0.2, 0) is 10.0 Å². The minimum Gasteiger partial charge on any atom is -0.280 e. The Balaban J connectivity index is 2.28. The van der Waals surface area contributed by atoms with Crippen molar-refractivity contribution < 1.29 is 8.42 Å². The third-order valence-corrected chi connectivity index (χ3v) is 4.58. The van der Waals surface area contributed by atoms with E-state index in [4.69, 9.17) is 5.26 Å². The maximum absolute atomic E-state index is 12.2. The van der Waals surface area contributed by atoms with Gasteiger partial charge >= 0.3 is 0 Å². The molecule has 2 aromatic rings. The summed E-state index contributed by atoms with van der Waals surface area (Å²) in [4.78, 5) is 4.74. The summed E-state index contributed by atoms with van der Waals surface area (Å²) in [6.45, 7) is 0. The highest BCUT2D eigenvalue weighted by atomic mass is 32.2. The second-order valence-corrected chi connectivity index (χ2v) is 6.39. The normalized spacial score (nSPS) is 10.8. The average Bonchev–Trinajstić information content (AvgIpc) is 2.47. The first-order valence-electron chi connectivity index (χ1n) is 5.58. The van der Waals surface area contributed by atoms with Crippen LogP contribution in [-0.4, -0.2) is 19.7 Å². The lowest BCUT2D eigenvalue weighted by Gasteiger charge is -2.08. The standard InChI is InChI=1S/C13H11N3O2S2/c1-19-12-4-2-3-10(7-12)16-20(17,18)13-6-5-11(8-14)15-9-13/h2-7,9,16H,1H3. The third kappa shape index (κ3) is 3.29. The van der Waals surface area contributed by atoms with Gasteiger partial charge in [-0.3, -0.25) is 4.72 Å². The van der Waals surface area contributed by atoms with Crippen LogP contribution in [0.5, 0.6) is 0 Å². The summed E-state index contributed by atoms with van der Waals surface area (Å²) < 4.78 is 26.8. The molecule has 0 atom stereocenters. The van der Waals surface area contributed by atoms with Gasteiger partial charge in [-0.25, -0.2) is 13.4 Å². The van der Waals surface area contributed by atoms with Crippen LogP contribution in [0.15, 0.2) is 52.4 Å². The second kappa shape index (κ2) is 5.94. The Bertz CT molecular complexity index is 750. The maximum atomic E-state index is 12.2. The summed E-state index contributed by atoms with van der Waals surface area (Å²) in [5.74, 6) is 0. The molecule has 7 heteroatoms. The molecule has 0 bridgehead atoms. The largest absolute Gasteiger partial charge is 0.280 e. The molecule has 0 fully saturated rings. The van der Waals surface area contributed by atoms with E-state index in [1.165, 1.54) is 30.1 Å². The van der Waals surface area contributed by atoms with Crippen molar-refractivity contribution >= 4 is 27.5 Å². The zero-order valence-corrected chi connectivity index (χ0v) is 12.2. The molecule has 0 aliphatic carbocycles. The molecule has 102 valence electrons. The van der Waals surface area contributed by atoms with Gasteiger partial charge in [-0.15, -0.1) is 11.8 Å². The predicted molar refractivity (Wildman–Crippen MR) is 78.0 cm³/mol. The van der Waals surface area contributed by atoms with Crippen LogP contribution in [0, 0.1) is 11.3 Å². The number of anilines is 1. The predicted octanol–water partition coefficient (Wildman–Crippen LogP) is 2.48. The van der Waals surface area contributed by atoms with Crippen molar-refractivity contribution in [1.82, 2.24) is 4.98 Å². The number of aromatic nitrogens is 1. The summed E-state index contributed by atoms with van der Waals surface area (Å²) in [7, 11) is -3.69. The Hall–Kier alpha value is -2.04. The lowest BCUT2D eigenvalue weighted by molar-refractivity contribution is 0.601. The van der Waals surface area contributed by atoms with Crippen LogP contribution in [0.4, 0.5) is 5.69 Å². The molecule has 1 N–H and O–H groups in total. The first-order chi connectivity index (χ1) is 9.55. The zero-order chi connectivity index (χ0) is 14.6. The Morgan fingerprint density at radius 2 is 2.10 bits per heavy atom. The molecule has 0 aliphatic rings. The molecule has 0 saturated carbocycles. The van der Waals surface area contributed by atoms with E-state index in [0.717, 1.165) is 4.90 Å². The summed E-state index contributed by atoms with van der Waals surface area (Å²) in [6.07, 6.45) is 3.08. The van der Waals surface area contributed by atoms with Crippen molar-refractivity contribution in [2.24, 2.45) is 0 Å². The number of nitriles is 1. The highest BCUT2D eigenvalue weighted by Gasteiger charge is 2.14. The molecular formula is C13H11N3O2S2. The van der Waals surface area contributed by atoms with Crippen LogP contribution in [0.1, 0.15) is 5.69 Å². The fourth-order valence-corrected chi connectivity index (χ4v) is 2.96. The molecule has 1 heterocycles. The molecule has 1 aromatic carbocycles. The summed E-state index contributed by atoms with van der Waals surface area (Å²) in [6, 6.07) is 11.7. The molecule has 0 aliphatic heterocycles. The first-order valence-corrected chi connectivity index (χ1v) is 8.29. The van der Waals surface area contributed by atoms with E-state index in [1.54, 1.807) is 18.2 Å². The molecule has 0 radical (unpaired) electrons. The third-order valence-electron chi connectivity index (χ3n) is 2.48. The number of rotatable bonds is 4. The van der Waals surface area contributed by atoms with Gasteiger partial charge in [0.1, 0.15) is 16.7 Å². The van der Waals surface area contributed by atoms with Crippen molar-refractivity contribution in [3.8, 4) is 6.07 Å². The maximum Gasteiger partial charge on any atom is 0.263 e. The van der Waals surface area contributed by atoms with Crippen LogP contribution in [0.2, 0.25) is 0 Å². The number of sulfonamides is 1. The number of pyridine rings is 1. The van der Waals surface area contributed by atoms with Crippen molar-refractivity contribution in [1.29, 1.82) is 5.26 Å². The fraction of sp³-hybridized carbons (Fsp3) is 0.0769. The van der Waals surface area contributed by atoms with Crippen molar-refractivity contribution in [3.05, 3.63) is 48.3 Å². The number of nitrogens with one attached hydrogen (secondary N) is 1. The number of hydrogen-bond donors (Lipinski definition) is 1. The summed E-state index contributed by atoms with van der Waals surface area (Å²) in [5.41, 5.74) is 0.662. The van der Waals surface area contributed by atoms with Crippen molar-refractivity contribution in [2.45, 2.75) is 9.79 Å². The number of benzene rings is 1. The number of thioether (sulfide) groups is 1. The zero-order valence-electron chi connectivity index (χ0n) is 10.6. The Morgan fingerprint density at radius 1 is 1.30 bits per heavy atom. The van der Waals surface area contributed by atoms with Gasteiger partial charge < -0.3 is 0 Å². The lowest BCUT2D eigenvalue weighted by Crippen LogP contribution is -2.13. The van der Waals surface area contributed by atoms with Gasteiger partial charge in [0, 0.05) is 16.8 Å². The van der Waals surface area contributed by atoms with Gasteiger partial charge in [0.2, 0.25) is 0 Å². The van der Waals surface area contributed by atoms with Gasteiger partial charge in [-0.1, -0.05) is 6.07 Å². The molecule has 0 spiro atoms. The second-order valence-electron chi connectivity index (χ2n) is 3.83. The van der Waals surface area contributed by atoms with Gasteiger partial charge in [0.05, 0.1) is 0 Å². The van der Waals surface area contributed by atoms with E-state index >= 15 is 0 Å². The van der Waals surface area contributed by atoms with E-state index in [9.17, 15) is 8.42 Å². The molecule has 2 rings (SSSR count). The molecular weight excluding hydrogens is 294 g/mol. The van der Waals surface area contributed by atoms with E-state index in [0.29, 0.717) is 5.69 Å². The molecule has 20 heavy (non-hydrogen) atoms. The molecule has 1 aromatic heterocycles. The number of hydrogen-bond acceptors (Lipinski definition) is 5. The monoisotopic (exact) mass is 305 g/mol. The van der Waals surface area contributed by atoms with Crippen molar-refractivity contribution in [3.63, 3.8) is 0 Å². The van der Waals surface area contributed by atoms with Crippen LogP contribution in [0.25, 0.3) is 0 Å². The summed E-state index contributed by atoms with van der Waals surface area (Å²) >= 11 is 1.53. The van der Waals surface area contributed by atoms with Crippen LogP contribution in [0.3, 0.4) is 0 Å². The van der Waals surface area contributed by atoms with E-state index < -0.39 is 10.0 Å². The van der Waals surface area contributed by atoms with Gasteiger partial charge in [-0.05, 0) is 36.6 Å². The van der Waals surface area contributed by atoms with Crippen molar-refractivity contribution in [2.75, 3.05) is 11.0 Å². The lowest BCUT2D eigenvalue weighted by atomic mass is 10.3. The quantitative estimate of drug-likeness (QED) is 0.877. The number of nitrogens with zero attached hydrogens (tertiary/aromatic N) is 2. The van der Waals surface area contributed by atoms with Gasteiger partial charge in [0.25, 0.3) is 10.0 Å². The minimum atomic E-state index is -3.69. The average molecular weight is 305 g/mol. The van der Waals surface area contributed by atoms with Crippen LogP contribution < -0.4 is 4.72 Å². The van der Waals surface area contributed by atoms with E-state index in [2.05, 4.69) is 9.71 Å². The SMILES string of the molecule is CSc1cccc(NS(=O)(=O)c2ccc(C#N)nc2)c1. The molecule has 0 saturated heterocycles. The summed E-state index contributed by atoms with van der Waals surface area (Å²) in [5, 5.41) is 8.64. The topological polar surface area (TPSA) is 82.9 Å². The highest BCUT2D eigenvalue weighted by molar-refractivity contribution is 7.98. The van der Waals surface area contributed by atoms with Crippen LogP contribution >= 0.6 is 11.8 Å². The highest BCUT2D eigenvalue weighted by Crippen LogP contribution is 2.21. The minimum absolute atomic E-state index is 0.0195. The fourth-order valence-electron chi connectivity index (χ4n) is 1.51. The van der Waals surface area contributed by atoms with E-state index in [-0.39, 0.29) is 10.6 Å². The Kier molecular flexibility index (Phi) is 4.27. The van der Waals surface area contributed by atoms with Gasteiger partial charge in [-0.2, -0.15) is 5.26 Å². The molecule has 5 nitrogen and oxygen atoms in total. The smallest absolute Gasteiger partial charge is 0.263 e. The van der Waals surface area contributed by atoms with Gasteiger partial charge in [0.15, 0.2) is 0 Å². The first kappa shape index (κ1) is 14.4. The Morgan fingerprint density at radius 3 is 2.70 bits per heavy atom. The van der Waals surface area contributed by atoms with E-state index in [1.807, 2.05) is 18.4 Å².